The summed E-state index contributed by atoms with van der Waals surface area (Å²) < 4.78 is 0. The third-order valence-electron chi connectivity index (χ3n) is 5.33. The van der Waals surface area contributed by atoms with Gasteiger partial charge in [0.1, 0.15) is 0 Å². The maximum Gasteiger partial charge on any atom is 0.274 e. The quantitative estimate of drug-likeness (QED) is 0.279. The Hall–Kier alpha value is -3.99. The maximum atomic E-state index is 11.9. The Morgan fingerprint density at radius 1 is 0.806 bits per heavy atom. The van der Waals surface area contributed by atoms with Gasteiger partial charge in [0.05, 0.1) is 16.5 Å². The first-order valence-corrected chi connectivity index (χ1v) is 10.2. The highest BCUT2D eigenvalue weighted by Gasteiger charge is 2.31. The number of hydrogen-bond donors (Lipinski definition) is 1. The summed E-state index contributed by atoms with van der Waals surface area (Å²) in [6.45, 7) is 0. The first-order valence-electron chi connectivity index (χ1n) is 10.2. The molecule has 0 saturated carbocycles. The Bertz CT molecular complexity index is 1120. The van der Waals surface area contributed by atoms with Gasteiger partial charge in [-0.05, 0) is 36.2 Å². The standard InChI is InChI=1S/C26H23N3O2/c30-29(31)25-17-8-7-15-22(25)26(28-21-13-5-2-6-14-21)23(24-16-9-10-18-27-24)19-20-11-3-1-4-12-20/h1-18,23,26,28H,19H2. The number of anilines is 1. The van der Waals surface area contributed by atoms with E-state index in [1.165, 1.54) is 0 Å². The summed E-state index contributed by atoms with van der Waals surface area (Å²) in [5.74, 6) is -0.120. The largest absolute Gasteiger partial charge is 0.377 e. The molecule has 0 saturated heterocycles. The molecule has 1 heterocycles. The highest BCUT2D eigenvalue weighted by Crippen LogP contribution is 2.39. The summed E-state index contributed by atoms with van der Waals surface area (Å²) >= 11 is 0. The predicted octanol–water partition coefficient (Wildman–Crippen LogP) is 6.17. The molecule has 2 atom stereocenters. The number of nitrogens with zero attached hydrogens (tertiary/aromatic N) is 2. The minimum atomic E-state index is -0.348. The number of nitrogens with one attached hydrogen (secondary N) is 1. The van der Waals surface area contributed by atoms with Crippen LogP contribution in [0, 0.1) is 10.1 Å². The lowest BCUT2D eigenvalue weighted by Crippen LogP contribution is -2.23. The summed E-state index contributed by atoms with van der Waals surface area (Å²) in [4.78, 5) is 16.2. The average Bonchev–Trinajstić information content (AvgIpc) is 2.83. The number of rotatable bonds is 8. The fourth-order valence-corrected chi connectivity index (χ4v) is 3.88. The molecule has 5 heteroatoms. The molecular weight excluding hydrogens is 386 g/mol. The van der Waals surface area contributed by atoms with Gasteiger partial charge in [0.15, 0.2) is 0 Å². The fourth-order valence-electron chi connectivity index (χ4n) is 3.88. The molecule has 154 valence electrons. The Kier molecular flexibility index (Phi) is 6.33. The van der Waals surface area contributed by atoms with Gasteiger partial charge < -0.3 is 5.32 Å². The second-order valence-electron chi connectivity index (χ2n) is 7.35. The molecular formula is C26H23N3O2. The molecule has 3 aromatic carbocycles. The van der Waals surface area contributed by atoms with Gasteiger partial charge in [-0.25, -0.2) is 0 Å². The SMILES string of the molecule is O=[N+]([O-])c1ccccc1C(Nc1ccccc1)C(Cc1ccccc1)c1ccccn1. The molecule has 2 unspecified atom stereocenters. The van der Waals surface area contributed by atoms with E-state index in [4.69, 9.17) is 0 Å². The predicted molar refractivity (Wildman–Crippen MR) is 123 cm³/mol. The number of benzene rings is 3. The normalized spacial score (nSPS) is 12.6. The number of nitro groups is 1. The van der Waals surface area contributed by atoms with Crippen LogP contribution < -0.4 is 5.32 Å². The lowest BCUT2D eigenvalue weighted by molar-refractivity contribution is -0.385. The first-order chi connectivity index (χ1) is 15.2. The summed E-state index contributed by atoms with van der Waals surface area (Å²) in [6, 6.07) is 32.4. The van der Waals surface area contributed by atoms with Crippen molar-refractivity contribution in [2.75, 3.05) is 5.32 Å². The van der Waals surface area contributed by atoms with Gasteiger partial charge in [-0.3, -0.25) is 15.1 Å². The van der Waals surface area contributed by atoms with Crippen molar-refractivity contribution in [1.29, 1.82) is 0 Å². The fraction of sp³-hybridized carbons (Fsp3) is 0.115. The monoisotopic (exact) mass is 409 g/mol. The van der Waals surface area contributed by atoms with Crippen LogP contribution in [0.25, 0.3) is 0 Å². The van der Waals surface area contributed by atoms with Gasteiger partial charge in [-0.2, -0.15) is 0 Å². The van der Waals surface area contributed by atoms with Crippen molar-refractivity contribution in [3.8, 4) is 0 Å². The Morgan fingerprint density at radius 3 is 2.13 bits per heavy atom. The van der Waals surface area contributed by atoms with Crippen LogP contribution in [0.4, 0.5) is 11.4 Å². The summed E-state index contributed by atoms with van der Waals surface area (Å²) in [5, 5.41) is 15.4. The molecule has 0 radical (unpaired) electrons. The topological polar surface area (TPSA) is 68.1 Å². The highest BCUT2D eigenvalue weighted by atomic mass is 16.6. The average molecular weight is 409 g/mol. The number of aromatic nitrogens is 1. The van der Waals surface area contributed by atoms with Crippen LogP contribution in [0.2, 0.25) is 0 Å². The summed E-state index contributed by atoms with van der Waals surface area (Å²) in [7, 11) is 0. The third kappa shape index (κ3) is 4.95. The Labute approximate surface area is 181 Å². The van der Waals surface area contributed by atoms with E-state index in [-0.39, 0.29) is 22.6 Å². The zero-order valence-corrected chi connectivity index (χ0v) is 17.0. The molecule has 0 aliphatic heterocycles. The smallest absolute Gasteiger partial charge is 0.274 e. The zero-order chi connectivity index (χ0) is 21.5. The van der Waals surface area contributed by atoms with E-state index in [2.05, 4.69) is 22.4 Å². The van der Waals surface area contributed by atoms with Crippen LogP contribution in [0.5, 0.6) is 0 Å². The van der Waals surface area contributed by atoms with Gasteiger partial charge >= 0.3 is 0 Å². The molecule has 31 heavy (non-hydrogen) atoms. The van der Waals surface area contributed by atoms with Crippen molar-refractivity contribution >= 4 is 11.4 Å². The maximum absolute atomic E-state index is 11.9. The zero-order valence-electron chi connectivity index (χ0n) is 17.0. The lowest BCUT2D eigenvalue weighted by Gasteiger charge is -2.29. The van der Waals surface area contributed by atoms with Crippen LogP contribution in [0.1, 0.15) is 28.8 Å². The van der Waals surface area contributed by atoms with Crippen molar-refractivity contribution in [1.82, 2.24) is 4.98 Å². The third-order valence-corrected chi connectivity index (χ3v) is 5.33. The van der Waals surface area contributed by atoms with Crippen LogP contribution in [-0.4, -0.2) is 9.91 Å². The molecule has 5 nitrogen and oxygen atoms in total. The van der Waals surface area contributed by atoms with Gasteiger partial charge in [0.25, 0.3) is 5.69 Å². The lowest BCUT2D eigenvalue weighted by atomic mass is 9.84. The van der Waals surface area contributed by atoms with Crippen LogP contribution in [0.15, 0.2) is 109 Å². The molecule has 0 aliphatic rings. The minimum Gasteiger partial charge on any atom is -0.377 e. The van der Waals surface area contributed by atoms with E-state index in [1.807, 2.05) is 78.9 Å². The van der Waals surface area contributed by atoms with E-state index >= 15 is 0 Å². The number of hydrogen-bond acceptors (Lipinski definition) is 4. The first kappa shape index (κ1) is 20.3. The summed E-state index contributed by atoms with van der Waals surface area (Å²) in [6.07, 6.45) is 2.46. The summed E-state index contributed by atoms with van der Waals surface area (Å²) in [5.41, 5.74) is 3.68. The molecule has 4 rings (SSSR count). The van der Waals surface area contributed by atoms with Crippen LogP contribution in [-0.2, 0) is 6.42 Å². The molecule has 0 bridgehead atoms. The van der Waals surface area contributed by atoms with E-state index in [9.17, 15) is 10.1 Å². The Morgan fingerprint density at radius 2 is 1.45 bits per heavy atom. The van der Waals surface area contributed by atoms with Gasteiger partial charge in [-0.15, -0.1) is 0 Å². The van der Waals surface area contributed by atoms with Crippen molar-refractivity contribution in [3.63, 3.8) is 0 Å². The molecule has 0 fully saturated rings. The van der Waals surface area contributed by atoms with Gasteiger partial charge in [0, 0.05) is 29.6 Å². The molecule has 0 amide bonds. The van der Waals surface area contributed by atoms with Crippen molar-refractivity contribution < 1.29 is 4.92 Å². The molecule has 4 aromatic rings. The van der Waals surface area contributed by atoms with Gasteiger partial charge in [0.2, 0.25) is 0 Å². The highest BCUT2D eigenvalue weighted by molar-refractivity contribution is 5.51. The second kappa shape index (κ2) is 9.67. The van der Waals surface area contributed by atoms with Crippen LogP contribution >= 0.6 is 0 Å². The minimum absolute atomic E-state index is 0.102. The van der Waals surface area contributed by atoms with Crippen molar-refractivity contribution in [2.45, 2.75) is 18.4 Å². The molecule has 0 spiro atoms. The van der Waals surface area contributed by atoms with E-state index < -0.39 is 0 Å². The molecule has 1 aromatic heterocycles. The number of pyridine rings is 1. The second-order valence-corrected chi connectivity index (χ2v) is 7.35. The molecule has 1 N–H and O–H groups in total. The van der Waals surface area contributed by atoms with E-state index in [0.717, 1.165) is 16.9 Å². The van der Waals surface area contributed by atoms with Gasteiger partial charge in [-0.1, -0.05) is 72.8 Å². The van der Waals surface area contributed by atoms with E-state index in [0.29, 0.717) is 12.0 Å². The van der Waals surface area contributed by atoms with Crippen LogP contribution in [0.3, 0.4) is 0 Å². The number of para-hydroxylation sites is 2. The van der Waals surface area contributed by atoms with E-state index in [1.54, 1.807) is 18.3 Å². The Balaban J connectivity index is 1.84. The molecule has 0 aliphatic carbocycles. The number of nitro benzene ring substituents is 1. The van der Waals surface area contributed by atoms with Crippen molar-refractivity contribution in [3.05, 3.63) is 136 Å². The van der Waals surface area contributed by atoms with Crippen molar-refractivity contribution in [2.24, 2.45) is 0 Å².